The van der Waals surface area contributed by atoms with Gasteiger partial charge in [-0.2, -0.15) is 0 Å². The molecule has 0 aromatic carbocycles. The standard InChI is InChI=1S/C16H30O4/c1-6-7-8-12(2)9-14(17)15-10-13(18-4)11-16(3,19-5)20-15/h9,13-15,17H,6-8,10-11H2,1-5H3/b12-9+/t13-,14+,15-,16-/m0/s1. The van der Waals surface area contributed by atoms with Crippen molar-refractivity contribution in [3.05, 3.63) is 11.6 Å². The van der Waals surface area contributed by atoms with E-state index in [4.69, 9.17) is 14.2 Å². The van der Waals surface area contributed by atoms with Crippen molar-refractivity contribution >= 4 is 0 Å². The number of methoxy groups -OCH3 is 2. The number of hydrogen-bond donors (Lipinski definition) is 1. The summed E-state index contributed by atoms with van der Waals surface area (Å²) in [6.07, 6.45) is 5.78. The maximum absolute atomic E-state index is 10.4. The van der Waals surface area contributed by atoms with Gasteiger partial charge >= 0.3 is 0 Å². The molecule has 4 atom stereocenters. The molecule has 0 aromatic heterocycles. The van der Waals surface area contributed by atoms with Gasteiger partial charge in [-0.05, 0) is 26.7 Å². The largest absolute Gasteiger partial charge is 0.386 e. The first kappa shape index (κ1) is 17.6. The van der Waals surface area contributed by atoms with Crippen molar-refractivity contribution in [2.75, 3.05) is 14.2 Å². The molecule has 0 aliphatic carbocycles. The summed E-state index contributed by atoms with van der Waals surface area (Å²) in [5.74, 6) is -0.685. The molecule has 1 heterocycles. The van der Waals surface area contributed by atoms with Gasteiger partial charge in [0.1, 0.15) is 0 Å². The minimum atomic E-state index is -0.685. The number of rotatable bonds is 7. The van der Waals surface area contributed by atoms with E-state index in [-0.39, 0.29) is 12.2 Å². The highest BCUT2D eigenvalue weighted by molar-refractivity contribution is 5.05. The van der Waals surface area contributed by atoms with Crippen molar-refractivity contribution in [2.24, 2.45) is 0 Å². The lowest BCUT2D eigenvalue weighted by molar-refractivity contribution is -0.287. The van der Waals surface area contributed by atoms with Crippen LogP contribution in [0.3, 0.4) is 0 Å². The van der Waals surface area contributed by atoms with E-state index < -0.39 is 11.9 Å². The van der Waals surface area contributed by atoms with Gasteiger partial charge in [-0.3, -0.25) is 0 Å². The summed E-state index contributed by atoms with van der Waals surface area (Å²) < 4.78 is 16.8. The lowest BCUT2D eigenvalue weighted by Gasteiger charge is -2.42. The Morgan fingerprint density at radius 1 is 1.50 bits per heavy atom. The number of unbranched alkanes of at least 4 members (excludes halogenated alkanes) is 1. The summed E-state index contributed by atoms with van der Waals surface area (Å²) in [7, 11) is 3.32. The Bertz CT molecular complexity index is 316. The van der Waals surface area contributed by atoms with Gasteiger partial charge in [0.15, 0.2) is 5.79 Å². The van der Waals surface area contributed by atoms with Gasteiger partial charge in [-0.1, -0.05) is 25.0 Å². The predicted octanol–water partition coefficient (Wildman–Crippen LogP) is 3.04. The molecule has 0 bridgehead atoms. The van der Waals surface area contributed by atoms with Crippen LogP contribution in [-0.2, 0) is 14.2 Å². The summed E-state index contributed by atoms with van der Waals surface area (Å²) in [6.45, 7) is 6.12. The van der Waals surface area contributed by atoms with E-state index in [1.807, 2.05) is 13.0 Å². The summed E-state index contributed by atoms with van der Waals surface area (Å²) >= 11 is 0. The van der Waals surface area contributed by atoms with E-state index in [1.165, 1.54) is 5.57 Å². The van der Waals surface area contributed by atoms with Crippen LogP contribution >= 0.6 is 0 Å². The summed E-state index contributed by atoms with van der Waals surface area (Å²) in [4.78, 5) is 0. The van der Waals surface area contributed by atoms with Crippen LogP contribution in [0.5, 0.6) is 0 Å². The summed E-state index contributed by atoms with van der Waals surface area (Å²) in [6, 6.07) is 0. The highest BCUT2D eigenvalue weighted by Gasteiger charge is 2.40. The molecule has 1 rings (SSSR count). The Balaban J connectivity index is 2.68. The molecule has 1 saturated heterocycles. The van der Waals surface area contributed by atoms with Crippen molar-refractivity contribution < 1.29 is 19.3 Å². The van der Waals surface area contributed by atoms with Crippen molar-refractivity contribution in [1.29, 1.82) is 0 Å². The number of ether oxygens (including phenoxy) is 3. The van der Waals surface area contributed by atoms with E-state index in [0.717, 1.165) is 19.3 Å². The fraction of sp³-hybridized carbons (Fsp3) is 0.875. The molecule has 1 fully saturated rings. The normalized spacial score (nSPS) is 33.2. The molecule has 118 valence electrons. The predicted molar refractivity (Wildman–Crippen MR) is 79.6 cm³/mol. The fourth-order valence-corrected chi connectivity index (χ4v) is 2.63. The summed E-state index contributed by atoms with van der Waals surface area (Å²) in [5.41, 5.74) is 1.21. The third kappa shape index (κ3) is 5.17. The van der Waals surface area contributed by atoms with Crippen LogP contribution in [0.25, 0.3) is 0 Å². The number of aliphatic hydroxyl groups excluding tert-OH is 1. The van der Waals surface area contributed by atoms with Gasteiger partial charge < -0.3 is 19.3 Å². The van der Waals surface area contributed by atoms with Gasteiger partial charge in [0.2, 0.25) is 0 Å². The van der Waals surface area contributed by atoms with Gasteiger partial charge in [0.05, 0.1) is 18.3 Å². The van der Waals surface area contributed by atoms with E-state index in [9.17, 15) is 5.11 Å². The molecule has 0 spiro atoms. The quantitative estimate of drug-likeness (QED) is 0.731. The molecule has 0 amide bonds. The highest BCUT2D eigenvalue weighted by atomic mass is 16.7. The second-order valence-corrected chi connectivity index (χ2v) is 5.90. The van der Waals surface area contributed by atoms with Crippen LogP contribution in [0.1, 0.15) is 52.9 Å². The van der Waals surface area contributed by atoms with E-state index in [0.29, 0.717) is 12.8 Å². The fourth-order valence-electron chi connectivity index (χ4n) is 2.63. The number of aliphatic hydroxyl groups is 1. The average Bonchev–Trinajstić information content (AvgIpc) is 2.44. The SMILES string of the molecule is CCCC/C(C)=C/[C@@H](O)[C@@H]1C[C@H](OC)C[C@@](C)(OC)O1. The molecule has 4 nitrogen and oxygen atoms in total. The van der Waals surface area contributed by atoms with Crippen molar-refractivity contribution in [3.8, 4) is 0 Å². The molecule has 1 N–H and O–H groups in total. The Hall–Kier alpha value is -0.420. The molecular weight excluding hydrogens is 256 g/mol. The zero-order valence-electron chi connectivity index (χ0n) is 13.5. The minimum Gasteiger partial charge on any atom is -0.386 e. The zero-order chi connectivity index (χ0) is 15.2. The molecule has 0 aromatic rings. The van der Waals surface area contributed by atoms with Crippen LogP contribution in [-0.4, -0.2) is 43.4 Å². The van der Waals surface area contributed by atoms with Crippen LogP contribution in [0.4, 0.5) is 0 Å². The van der Waals surface area contributed by atoms with E-state index >= 15 is 0 Å². The van der Waals surface area contributed by atoms with Crippen molar-refractivity contribution in [3.63, 3.8) is 0 Å². The Morgan fingerprint density at radius 2 is 2.20 bits per heavy atom. The van der Waals surface area contributed by atoms with Crippen LogP contribution in [0, 0.1) is 0 Å². The molecule has 0 radical (unpaired) electrons. The van der Waals surface area contributed by atoms with Crippen LogP contribution in [0.2, 0.25) is 0 Å². The Kier molecular flexibility index (Phi) is 7.17. The van der Waals surface area contributed by atoms with E-state index in [1.54, 1.807) is 14.2 Å². The minimum absolute atomic E-state index is 0.0534. The summed E-state index contributed by atoms with van der Waals surface area (Å²) in [5, 5.41) is 10.4. The second kappa shape index (κ2) is 8.13. The molecule has 0 saturated carbocycles. The van der Waals surface area contributed by atoms with Gasteiger partial charge in [0.25, 0.3) is 0 Å². The van der Waals surface area contributed by atoms with Crippen molar-refractivity contribution in [2.45, 2.75) is 77.0 Å². The third-order valence-electron chi connectivity index (χ3n) is 4.02. The first-order valence-corrected chi connectivity index (χ1v) is 7.55. The Morgan fingerprint density at radius 3 is 2.75 bits per heavy atom. The maximum atomic E-state index is 10.4. The Labute approximate surface area is 123 Å². The first-order valence-electron chi connectivity index (χ1n) is 7.55. The van der Waals surface area contributed by atoms with Crippen molar-refractivity contribution in [1.82, 2.24) is 0 Å². The topological polar surface area (TPSA) is 47.9 Å². The van der Waals surface area contributed by atoms with E-state index in [2.05, 4.69) is 13.8 Å². The molecule has 1 aliphatic rings. The molecule has 1 aliphatic heterocycles. The maximum Gasteiger partial charge on any atom is 0.168 e. The average molecular weight is 286 g/mol. The zero-order valence-corrected chi connectivity index (χ0v) is 13.5. The van der Waals surface area contributed by atoms with Gasteiger partial charge in [-0.25, -0.2) is 0 Å². The monoisotopic (exact) mass is 286 g/mol. The second-order valence-electron chi connectivity index (χ2n) is 5.90. The number of allylic oxidation sites excluding steroid dienone is 1. The smallest absolute Gasteiger partial charge is 0.168 e. The molecular formula is C16H30O4. The molecule has 20 heavy (non-hydrogen) atoms. The third-order valence-corrected chi connectivity index (χ3v) is 4.02. The van der Waals surface area contributed by atoms with Gasteiger partial charge in [0, 0.05) is 27.1 Å². The highest BCUT2D eigenvalue weighted by Crippen LogP contribution is 2.32. The lowest BCUT2D eigenvalue weighted by Crippen LogP contribution is -2.49. The number of hydrogen-bond acceptors (Lipinski definition) is 4. The van der Waals surface area contributed by atoms with Gasteiger partial charge in [-0.15, -0.1) is 0 Å². The molecule has 4 heteroatoms. The first-order chi connectivity index (χ1) is 9.44. The lowest BCUT2D eigenvalue weighted by atomic mass is 9.94. The van der Waals surface area contributed by atoms with Crippen LogP contribution < -0.4 is 0 Å². The molecule has 0 unspecified atom stereocenters. The van der Waals surface area contributed by atoms with Crippen LogP contribution in [0.15, 0.2) is 11.6 Å².